The average molecular weight is 320 g/mol. The normalized spacial score (nSPS) is 10.9. The summed E-state index contributed by atoms with van der Waals surface area (Å²) in [6.45, 7) is 7.24. The Kier molecular flexibility index (Phi) is 11.0. The van der Waals surface area contributed by atoms with Crippen molar-refractivity contribution in [2.24, 2.45) is 16.5 Å². The number of allylic oxidation sites excluding steroid dienone is 1. The van der Waals surface area contributed by atoms with E-state index in [2.05, 4.69) is 10.3 Å². The number of carbonyl (C=O) groups is 1. The lowest BCUT2D eigenvalue weighted by Gasteiger charge is -2.08. The van der Waals surface area contributed by atoms with Crippen molar-refractivity contribution < 1.29 is 9.90 Å². The van der Waals surface area contributed by atoms with E-state index in [-0.39, 0.29) is 17.5 Å². The number of nitrogens with zero attached hydrogens (tertiary/aromatic N) is 1. The van der Waals surface area contributed by atoms with Gasteiger partial charge in [-0.05, 0) is 25.5 Å². The smallest absolute Gasteiger partial charge is 0.185 e. The van der Waals surface area contributed by atoms with Gasteiger partial charge in [-0.2, -0.15) is 0 Å². The van der Waals surface area contributed by atoms with Gasteiger partial charge in [0.1, 0.15) is 5.76 Å². The van der Waals surface area contributed by atoms with E-state index in [0.717, 1.165) is 25.1 Å². The Morgan fingerprint density at radius 3 is 2.22 bits per heavy atom. The number of aliphatic hydroxyl groups is 1. The molecule has 0 aliphatic carbocycles. The van der Waals surface area contributed by atoms with Crippen molar-refractivity contribution in [3.8, 4) is 0 Å². The highest BCUT2D eigenvalue weighted by molar-refractivity contribution is 6.20. The van der Waals surface area contributed by atoms with Gasteiger partial charge in [-0.25, -0.2) is 0 Å². The molecule has 0 spiro atoms. The standard InChI is InChI=1S/C13H17NO2.C4H11N3/c1-3-14-9-12(16)13(10(2)15)11-7-5-4-6-8-11;1-2-3-7-4(5)6/h4-8,14,16H,3,9H2,1-2H3;2-3H2,1H3,(H4,5,6,7)/b13-12+;. The number of likely N-dealkylation sites (N-methyl/N-ethyl adjacent to an activating group) is 1. The van der Waals surface area contributed by atoms with E-state index in [4.69, 9.17) is 11.5 Å². The summed E-state index contributed by atoms with van der Waals surface area (Å²) in [7, 11) is 0. The number of carbonyl (C=O) groups excluding carboxylic acids is 1. The summed E-state index contributed by atoms with van der Waals surface area (Å²) in [5.41, 5.74) is 11.2. The molecule has 0 saturated heterocycles. The molecule has 6 heteroatoms. The van der Waals surface area contributed by atoms with Gasteiger partial charge in [-0.15, -0.1) is 0 Å². The maximum Gasteiger partial charge on any atom is 0.185 e. The first kappa shape index (κ1) is 20.7. The summed E-state index contributed by atoms with van der Waals surface area (Å²) >= 11 is 0. The van der Waals surface area contributed by atoms with Crippen molar-refractivity contribution in [1.29, 1.82) is 0 Å². The summed E-state index contributed by atoms with van der Waals surface area (Å²) in [5, 5.41) is 12.9. The molecule has 23 heavy (non-hydrogen) atoms. The topological polar surface area (TPSA) is 114 Å². The van der Waals surface area contributed by atoms with Crippen LogP contribution >= 0.6 is 0 Å². The quantitative estimate of drug-likeness (QED) is 0.265. The number of ketones is 1. The maximum atomic E-state index is 11.5. The number of aliphatic hydroxyl groups excluding tert-OH is 1. The van der Waals surface area contributed by atoms with E-state index in [1.807, 2.05) is 44.2 Å². The fraction of sp³-hybridized carbons (Fsp3) is 0.412. The second-order valence-electron chi connectivity index (χ2n) is 4.83. The summed E-state index contributed by atoms with van der Waals surface area (Å²) < 4.78 is 0. The van der Waals surface area contributed by atoms with Crippen molar-refractivity contribution in [2.45, 2.75) is 27.2 Å². The van der Waals surface area contributed by atoms with Crippen molar-refractivity contribution in [2.75, 3.05) is 19.6 Å². The maximum absolute atomic E-state index is 11.5. The number of aliphatic imine (C=N–C) groups is 1. The highest BCUT2D eigenvalue weighted by atomic mass is 16.3. The van der Waals surface area contributed by atoms with Crippen LogP contribution in [0.5, 0.6) is 0 Å². The van der Waals surface area contributed by atoms with Gasteiger partial charge in [0, 0.05) is 6.54 Å². The van der Waals surface area contributed by atoms with Gasteiger partial charge >= 0.3 is 0 Å². The van der Waals surface area contributed by atoms with Crippen LogP contribution in [-0.4, -0.2) is 36.5 Å². The highest BCUT2D eigenvalue weighted by Gasteiger charge is 2.12. The number of nitrogens with one attached hydrogen (secondary N) is 1. The average Bonchev–Trinajstić information content (AvgIpc) is 2.52. The number of hydrogen-bond acceptors (Lipinski definition) is 4. The molecule has 0 unspecified atom stereocenters. The van der Waals surface area contributed by atoms with Gasteiger partial charge in [0.15, 0.2) is 11.7 Å². The lowest BCUT2D eigenvalue weighted by atomic mass is 10.0. The Hall–Kier alpha value is -2.34. The Labute approximate surface area is 138 Å². The van der Waals surface area contributed by atoms with Crippen LogP contribution in [0.15, 0.2) is 41.1 Å². The van der Waals surface area contributed by atoms with Crippen LogP contribution in [0, 0.1) is 0 Å². The molecule has 1 aromatic rings. The zero-order valence-corrected chi connectivity index (χ0v) is 14.2. The molecule has 1 rings (SSSR count). The van der Waals surface area contributed by atoms with Gasteiger partial charge in [-0.3, -0.25) is 9.79 Å². The predicted molar refractivity (Wildman–Crippen MR) is 96.2 cm³/mol. The number of guanidine groups is 1. The van der Waals surface area contributed by atoms with Crippen LogP contribution in [0.1, 0.15) is 32.8 Å². The lowest BCUT2D eigenvalue weighted by molar-refractivity contribution is -0.111. The molecule has 1 aromatic carbocycles. The van der Waals surface area contributed by atoms with Gasteiger partial charge in [-0.1, -0.05) is 44.2 Å². The molecule has 0 aromatic heterocycles. The third kappa shape index (κ3) is 9.31. The number of rotatable bonds is 7. The van der Waals surface area contributed by atoms with E-state index < -0.39 is 0 Å². The zero-order valence-electron chi connectivity index (χ0n) is 14.2. The molecule has 6 N–H and O–H groups in total. The molecule has 0 bridgehead atoms. The van der Waals surface area contributed by atoms with E-state index in [9.17, 15) is 9.90 Å². The van der Waals surface area contributed by atoms with Crippen LogP contribution in [0.3, 0.4) is 0 Å². The zero-order chi connectivity index (χ0) is 17.7. The Morgan fingerprint density at radius 2 is 1.83 bits per heavy atom. The third-order valence-electron chi connectivity index (χ3n) is 2.76. The van der Waals surface area contributed by atoms with Crippen molar-refractivity contribution >= 4 is 17.3 Å². The van der Waals surface area contributed by atoms with Crippen LogP contribution in [0.4, 0.5) is 0 Å². The molecule has 6 nitrogen and oxygen atoms in total. The molecule has 0 atom stereocenters. The second-order valence-corrected chi connectivity index (χ2v) is 4.83. The largest absolute Gasteiger partial charge is 0.510 e. The predicted octanol–water partition coefficient (Wildman–Crippen LogP) is 1.82. The van der Waals surface area contributed by atoms with E-state index >= 15 is 0 Å². The van der Waals surface area contributed by atoms with Crippen molar-refractivity contribution in [3.05, 3.63) is 41.7 Å². The summed E-state index contributed by atoms with van der Waals surface area (Å²) in [6, 6.07) is 9.21. The lowest BCUT2D eigenvalue weighted by Crippen LogP contribution is -2.22. The summed E-state index contributed by atoms with van der Waals surface area (Å²) in [4.78, 5) is 15.2. The number of Topliss-reactive ketones (excluding diaryl/α,β-unsaturated/α-hetero) is 1. The highest BCUT2D eigenvalue weighted by Crippen LogP contribution is 2.18. The molecule has 0 heterocycles. The Bertz CT molecular complexity index is 521. The molecular weight excluding hydrogens is 292 g/mol. The van der Waals surface area contributed by atoms with Crippen LogP contribution < -0.4 is 16.8 Å². The fourth-order valence-corrected chi connectivity index (χ4v) is 1.75. The van der Waals surface area contributed by atoms with E-state index in [1.165, 1.54) is 6.92 Å². The van der Waals surface area contributed by atoms with Crippen LogP contribution in [-0.2, 0) is 4.79 Å². The first-order chi connectivity index (χ1) is 10.9. The minimum Gasteiger partial charge on any atom is -0.510 e. The van der Waals surface area contributed by atoms with Gasteiger partial charge in [0.2, 0.25) is 0 Å². The van der Waals surface area contributed by atoms with Gasteiger partial charge < -0.3 is 21.9 Å². The Morgan fingerprint density at radius 1 is 1.22 bits per heavy atom. The first-order valence-electron chi connectivity index (χ1n) is 7.68. The number of hydrogen-bond donors (Lipinski definition) is 4. The molecule has 128 valence electrons. The molecular formula is C17H28N4O2. The molecule has 0 amide bonds. The molecule has 0 aliphatic rings. The van der Waals surface area contributed by atoms with E-state index in [0.29, 0.717) is 12.1 Å². The molecule has 0 saturated carbocycles. The van der Waals surface area contributed by atoms with Gasteiger partial charge in [0.05, 0.1) is 12.1 Å². The fourth-order valence-electron chi connectivity index (χ4n) is 1.75. The van der Waals surface area contributed by atoms with Crippen LogP contribution in [0.25, 0.3) is 5.57 Å². The third-order valence-corrected chi connectivity index (χ3v) is 2.76. The molecule has 0 aliphatic heterocycles. The minimum absolute atomic E-state index is 0.0977. The Balaban J connectivity index is 0.000000585. The number of benzene rings is 1. The monoisotopic (exact) mass is 320 g/mol. The van der Waals surface area contributed by atoms with Crippen LogP contribution in [0.2, 0.25) is 0 Å². The van der Waals surface area contributed by atoms with E-state index in [1.54, 1.807) is 0 Å². The second kappa shape index (κ2) is 12.2. The molecule has 0 fully saturated rings. The van der Waals surface area contributed by atoms with Crippen molar-refractivity contribution in [1.82, 2.24) is 5.32 Å². The summed E-state index contributed by atoms with van der Waals surface area (Å²) in [6.07, 6.45) is 0.998. The molecule has 0 radical (unpaired) electrons. The number of nitrogens with two attached hydrogens (primary N) is 2. The first-order valence-corrected chi connectivity index (χ1v) is 7.68. The van der Waals surface area contributed by atoms with Gasteiger partial charge in [0.25, 0.3) is 0 Å². The SMILES string of the molecule is CCCN=C(N)N.CCNC/C(O)=C(/C(C)=O)c1ccccc1. The summed E-state index contributed by atoms with van der Waals surface area (Å²) in [5.74, 6) is 0.156. The minimum atomic E-state index is -0.124. The van der Waals surface area contributed by atoms with Crippen molar-refractivity contribution in [3.63, 3.8) is 0 Å².